The van der Waals surface area contributed by atoms with E-state index in [0.717, 1.165) is 0 Å². The van der Waals surface area contributed by atoms with Crippen molar-refractivity contribution in [3.63, 3.8) is 0 Å². The van der Waals surface area contributed by atoms with Crippen LogP contribution in [0.4, 0.5) is 11.4 Å². The average Bonchev–Trinajstić information content (AvgIpc) is 2.72. The largest absolute Gasteiger partial charge is 0.322 e. The third kappa shape index (κ3) is 3.68. The van der Waals surface area contributed by atoms with Gasteiger partial charge in [-0.25, -0.2) is 13.6 Å². The molecule has 152 valence electrons. The Labute approximate surface area is 178 Å². The van der Waals surface area contributed by atoms with Crippen LogP contribution >= 0.6 is 11.6 Å². The lowest BCUT2D eigenvalue weighted by molar-refractivity contribution is -0.117. The van der Waals surface area contributed by atoms with Gasteiger partial charge in [-0.15, -0.1) is 0 Å². The number of rotatable bonds is 3. The number of hydrogen-bond donors (Lipinski definition) is 2. The first-order chi connectivity index (χ1) is 14.3. The third-order valence-corrected chi connectivity index (χ3v) is 5.91. The van der Waals surface area contributed by atoms with Crippen LogP contribution < -0.4 is 15.4 Å². The lowest BCUT2D eigenvalue weighted by Gasteiger charge is -2.37. The van der Waals surface area contributed by atoms with Crippen molar-refractivity contribution >= 4 is 44.8 Å². The fraction of sp³-hybridized carbons (Fsp3) is 0.0476. The van der Waals surface area contributed by atoms with Gasteiger partial charge in [-0.1, -0.05) is 41.9 Å². The number of sulfonamides is 1. The van der Waals surface area contributed by atoms with Crippen LogP contribution in [0.5, 0.6) is 0 Å². The van der Waals surface area contributed by atoms with Crippen molar-refractivity contribution in [3.05, 3.63) is 88.9 Å². The molecule has 2 amide bonds. The number of fused-ring (bicyclic) bond motifs is 1. The molecule has 1 aliphatic heterocycles. The Morgan fingerprint density at radius 2 is 1.67 bits per heavy atom. The van der Waals surface area contributed by atoms with Gasteiger partial charge >= 0.3 is 0 Å². The first kappa shape index (κ1) is 20.1. The summed E-state index contributed by atoms with van der Waals surface area (Å²) in [5, 5.41) is 8.37. The van der Waals surface area contributed by atoms with E-state index >= 15 is 0 Å². The van der Waals surface area contributed by atoms with E-state index in [4.69, 9.17) is 16.7 Å². The number of carbonyl (C=O) groups is 2. The number of carbonyl (C=O) groups excluding carboxylic acids is 2. The van der Waals surface area contributed by atoms with Crippen molar-refractivity contribution in [1.29, 1.82) is 0 Å². The van der Waals surface area contributed by atoms with Crippen LogP contribution in [-0.2, 0) is 14.8 Å². The molecule has 7 nitrogen and oxygen atoms in total. The second kappa shape index (κ2) is 7.56. The first-order valence-corrected chi connectivity index (χ1v) is 10.8. The summed E-state index contributed by atoms with van der Waals surface area (Å²) in [7, 11) is -3.98. The van der Waals surface area contributed by atoms with Crippen LogP contribution in [0.25, 0.3) is 0 Å². The Morgan fingerprint density at radius 3 is 2.30 bits per heavy atom. The van der Waals surface area contributed by atoms with Crippen molar-refractivity contribution in [2.75, 3.05) is 10.2 Å². The summed E-state index contributed by atoms with van der Waals surface area (Å²) in [6.07, 6.45) is 0. The molecule has 4 rings (SSSR count). The summed E-state index contributed by atoms with van der Waals surface area (Å²) >= 11 is 5.93. The van der Waals surface area contributed by atoms with Gasteiger partial charge in [0.05, 0.1) is 16.3 Å². The number of primary sulfonamides is 1. The number of nitrogens with zero attached hydrogens (tertiary/aromatic N) is 1. The zero-order chi connectivity index (χ0) is 21.5. The summed E-state index contributed by atoms with van der Waals surface area (Å²) in [5.41, 5.74) is 1.48. The molecule has 0 bridgehead atoms. The maximum Gasteiger partial charge on any atom is 0.259 e. The monoisotopic (exact) mass is 441 g/mol. The summed E-state index contributed by atoms with van der Waals surface area (Å²) in [5.74, 6) is -0.900. The normalized spacial score (nSPS) is 16.0. The molecular weight excluding hydrogens is 426 g/mol. The molecule has 1 aliphatic rings. The Hall–Kier alpha value is -3.20. The molecule has 0 spiro atoms. The van der Waals surface area contributed by atoms with Gasteiger partial charge < -0.3 is 5.32 Å². The number of nitrogens with two attached hydrogens (primary N) is 1. The van der Waals surface area contributed by atoms with E-state index in [2.05, 4.69) is 5.32 Å². The van der Waals surface area contributed by atoms with Gasteiger partial charge in [-0.05, 0) is 48.0 Å². The SMILES string of the molecule is NS(=O)(=O)c1ccc2c(c1)NC(=O)C(c1ccccc1)N2C(=O)c1ccc(Cl)cc1. The minimum Gasteiger partial charge on any atom is -0.322 e. The van der Waals surface area contributed by atoms with E-state index in [1.807, 2.05) is 6.07 Å². The molecule has 0 aliphatic carbocycles. The second-order valence-electron chi connectivity index (χ2n) is 6.71. The standard InChI is InChI=1S/C21H16ClN3O4S/c22-15-8-6-14(7-9-15)21(27)25-18-11-10-16(30(23,28)29)12-17(18)24-20(26)19(25)13-4-2-1-3-5-13/h1-12,19H,(H,24,26)(H2,23,28,29). The Kier molecular flexibility index (Phi) is 5.07. The lowest BCUT2D eigenvalue weighted by atomic mass is 9.99. The van der Waals surface area contributed by atoms with E-state index < -0.39 is 27.9 Å². The highest BCUT2D eigenvalue weighted by atomic mass is 35.5. The topological polar surface area (TPSA) is 110 Å². The predicted octanol–water partition coefficient (Wildman–Crippen LogP) is 3.33. The molecule has 30 heavy (non-hydrogen) atoms. The Balaban J connectivity index is 1.90. The molecular formula is C21H16ClN3O4S. The third-order valence-electron chi connectivity index (χ3n) is 4.75. The highest BCUT2D eigenvalue weighted by Gasteiger charge is 2.38. The van der Waals surface area contributed by atoms with Crippen LogP contribution in [0.2, 0.25) is 5.02 Å². The Morgan fingerprint density at radius 1 is 1.00 bits per heavy atom. The van der Waals surface area contributed by atoms with E-state index in [0.29, 0.717) is 21.8 Å². The van der Waals surface area contributed by atoms with Crippen molar-refractivity contribution in [2.24, 2.45) is 5.14 Å². The van der Waals surface area contributed by atoms with E-state index in [1.54, 1.807) is 48.5 Å². The molecule has 0 fully saturated rings. The van der Waals surface area contributed by atoms with Gasteiger partial charge in [0.2, 0.25) is 10.0 Å². The molecule has 0 saturated carbocycles. The molecule has 3 aromatic carbocycles. The second-order valence-corrected chi connectivity index (χ2v) is 8.71. The van der Waals surface area contributed by atoms with Crippen molar-refractivity contribution < 1.29 is 18.0 Å². The van der Waals surface area contributed by atoms with E-state index in [9.17, 15) is 18.0 Å². The molecule has 1 unspecified atom stereocenters. The van der Waals surface area contributed by atoms with E-state index in [-0.39, 0.29) is 10.6 Å². The van der Waals surface area contributed by atoms with Crippen molar-refractivity contribution in [3.8, 4) is 0 Å². The summed E-state index contributed by atoms with van der Waals surface area (Å²) < 4.78 is 23.5. The molecule has 1 atom stereocenters. The quantitative estimate of drug-likeness (QED) is 0.649. The lowest BCUT2D eigenvalue weighted by Crippen LogP contribution is -2.45. The first-order valence-electron chi connectivity index (χ1n) is 8.87. The van der Waals surface area contributed by atoms with Crippen LogP contribution in [0.15, 0.2) is 77.7 Å². The zero-order valence-electron chi connectivity index (χ0n) is 15.4. The minimum atomic E-state index is -3.98. The fourth-order valence-electron chi connectivity index (χ4n) is 3.35. The summed E-state index contributed by atoms with van der Waals surface area (Å²) in [6, 6.07) is 18.2. The predicted molar refractivity (Wildman–Crippen MR) is 114 cm³/mol. The van der Waals surface area contributed by atoms with Gasteiger partial charge in [0.25, 0.3) is 11.8 Å². The van der Waals surface area contributed by atoms with Gasteiger partial charge in [0.15, 0.2) is 0 Å². The van der Waals surface area contributed by atoms with Gasteiger partial charge in [0, 0.05) is 10.6 Å². The molecule has 3 aromatic rings. The minimum absolute atomic E-state index is 0.168. The van der Waals surface area contributed by atoms with Gasteiger partial charge in [-0.2, -0.15) is 0 Å². The van der Waals surface area contributed by atoms with Gasteiger partial charge in [-0.3, -0.25) is 14.5 Å². The molecule has 9 heteroatoms. The van der Waals surface area contributed by atoms with Crippen LogP contribution in [0, 0.1) is 0 Å². The zero-order valence-corrected chi connectivity index (χ0v) is 17.0. The number of benzene rings is 3. The molecule has 0 saturated heterocycles. The maximum absolute atomic E-state index is 13.4. The molecule has 1 heterocycles. The number of anilines is 2. The fourth-order valence-corrected chi connectivity index (χ4v) is 4.02. The highest BCUT2D eigenvalue weighted by molar-refractivity contribution is 7.89. The number of nitrogens with one attached hydrogen (secondary N) is 1. The molecule has 0 radical (unpaired) electrons. The summed E-state index contributed by atoms with van der Waals surface area (Å²) in [4.78, 5) is 27.6. The molecule has 3 N–H and O–H groups in total. The smallest absolute Gasteiger partial charge is 0.259 e. The van der Waals surface area contributed by atoms with Crippen molar-refractivity contribution in [1.82, 2.24) is 0 Å². The van der Waals surface area contributed by atoms with E-state index in [1.165, 1.54) is 23.1 Å². The van der Waals surface area contributed by atoms with Crippen LogP contribution in [0.1, 0.15) is 22.0 Å². The maximum atomic E-state index is 13.4. The molecule has 0 aromatic heterocycles. The number of halogens is 1. The highest BCUT2D eigenvalue weighted by Crippen LogP contribution is 2.40. The van der Waals surface area contributed by atoms with Crippen molar-refractivity contribution in [2.45, 2.75) is 10.9 Å². The number of hydrogen-bond acceptors (Lipinski definition) is 4. The number of amides is 2. The van der Waals surface area contributed by atoms with Crippen LogP contribution in [-0.4, -0.2) is 20.2 Å². The van der Waals surface area contributed by atoms with Crippen LogP contribution in [0.3, 0.4) is 0 Å². The summed E-state index contributed by atoms with van der Waals surface area (Å²) in [6.45, 7) is 0. The van der Waals surface area contributed by atoms with Gasteiger partial charge in [0.1, 0.15) is 6.04 Å². The average molecular weight is 442 g/mol. The Bertz CT molecular complexity index is 1250.